The molecule has 8 nitrogen and oxygen atoms in total. The molecule has 0 aromatic rings. The number of carbonyl (C=O) groups is 4. The summed E-state index contributed by atoms with van der Waals surface area (Å²) >= 11 is 0. The average molecular weight is 410 g/mol. The van der Waals surface area contributed by atoms with Crippen LogP contribution in [0.2, 0.25) is 0 Å². The van der Waals surface area contributed by atoms with Crippen LogP contribution in [0.25, 0.3) is 0 Å². The zero-order valence-corrected chi connectivity index (χ0v) is 16.4. The van der Waals surface area contributed by atoms with E-state index in [2.05, 4.69) is 16.4 Å². The van der Waals surface area contributed by atoms with Gasteiger partial charge in [-0.15, -0.1) is 0 Å². The predicted molar refractivity (Wildman–Crippen MR) is 107 cm³/mol. The van der Waals surface area contributed by atoms with Gasteiger partial charge in [0.1, 0.15) is 6.04 Å². The summed E-state index contributed by atoms with van der Waals surface area (Å²) in [6.07, 6.45) is 9.95. The van der Waals surface area contributed by atoms with E-state index in [9.17, 15) is 19.2 Å². The number of hydrogen-bond donors (Lipinski definition) is 2. The van der Waals surface area contributed by atoms with Gasteiger partial charge in [0.2, 0.25) is 0 Å². The summed E-state index contributed by atoms with van der Waals surface area (Å²) in [5.74, 6) is -3.17. The minimum atomic E-state index is -1.13. The summed E-state index contributed by atoms with van der Waals surface area (Å²) < 4.78 is 9.02. The molecule has 0 saturated heterocycles. The summed E-state index contributed by atoms with van der Waals surface area (Å²) in [5, 5.41) is 0. The quantitative estimate of drug-likeness (QED) is 0.179. The van der Waals surface area contributed by atoms with Gasteiger partial charge in [-0.1, -0.05) is 58.3 Å². The van der Waals surface area contributed by atoms with Crippen molar-refractivity contribution in [3.63, 3.8) is 0 Å². The molecule has 0 heterocycles. The minimum absolute atomic E-state index is 0. The first-order chi connectivity index (χ1) is 12.9. The topological polar surface area (TPSA) is 139 Å². The molecule has 0 fully saturated rings. The van der Waals surface area contributed by atoms with Crippen LogP contribution in [0, 0.1) is 0 Å². The third kappa shape index (κ3) is 17.3. The van der Waals surface area contributed by atoms with Crippen molar-refractivity contribution in [1.82, 2.24) is 0 Å². The molecular weight excluding hydrogens is 375 g/mol. The Morgan fingerprint density at radius 2 is 1.25 bits per heavy atom. The van der Waals surface area contributed by atoms with Gasteiger partial charge in [-0.05, 0) is 12.8 Å². The van der Waals surface area contributed by atoms with Crippen LogP contribution >= 0.6 is 0 Å². The van der Waals surface area contributed by atoms with Gasteiger partial charge < -0.3 is 20.9 Å². The average Bonchev–Trinajstić information content (AvgIpc) is 2.64. The van der Waals surface area contributed by atoms with Gasteiger partial charge >= 0.3 is 53.4 Å². The second-order valence-corrected chi connectivity index (χ2v) is 6.57. The Morgan fingerprint density at radius 3 is 1.79 bits per heavy atom. The van der Waals surface area contributed by atoms with Gasteiger partial charge in [0, 0.05) is 12.8 Å². The molecule has 0 unspecified atom stereocenters. The molecule has 0 rings (SSSR count). The fourth-order valence-corrected chi connectivity index (χ4v) is 2.43. The number of hydrogen-bond acceptors (Lipinski definition) is 8. The van der Waals surface area contributed by atoms with Crippen molar-refractivity contribution in [1.29, 1.82) is 0 Å². The van der Waals surface area contributed by atoms with Crippen molar-refractivity contribution < 1.29 is 28.7 Å². The number of unbranched alkanes of at least 4 members (excludes halogenated alkanes) is 8. The molecule has 0 bridgehead atoms. The van der Waals surface area contributed by atoms with Crippen molar-refractivity contribution in [2.24, 2.45) is 11.5 Å². The normalized spacial score (nSPS) is 11.2. The van der Waals surface area contributed by atoms with Crippen molar-refractivity contribution in [3.05, 3.63) is 0 Å². The predicted octanol–water partition coefficient (Wildman–Crippen LogP) is 1.46. The second kappa shape index (κ2) is 19.5. The Morgan fingerprint density at radius 1 is 0.750 bits per heavy atom. The van der Waals surface area contributed by atoms with Crippen LogP contribution in [-0.4, -0.2) is 66.0 Å². The summed E-state index contributed by atoms with van der Waals surface area (Å²) in [4.78, 5) is 45.5. The molecular formula is C19H35N2NaO6. The molecule has 0 aliphatic rings. The van der Waals surface area contributed by atoms with Gasteiger partial charge in [-0.25, -0.2) is 4.79 Å². The van der Waals surface area contributed by atoms with E-state index in [-0.39, 0.29) is 48.8 Å². The Hall–Kier alpha value is -0.800. The van der Waals surface area contributed by atoms with Gasteiger partial charge in [0.15, 0.2) is 0 Å². The molecule has 9 heteroatoms. The second-order valence-electron chi connectivity index (χ2n) is 6.57. The monoisotopic (exact) mass is 410 g/mol. The van der Waals surface area contributed by atoms with Crippen molar-refractivity contribution in [3.8, 4) is 0 Å². The maximum atomic E-state index is 11.7. The van der Waals surface area contributed by atoms with Crippen LogP contribution in [-0.2, 0) is 28.7 Å². The Labute approximate surface area is 189 Å². The van der Waals surface area contributed by atoms with E-state index < -0.39 is 36.5 Å². The van der Waals surface area contributed by atoms with Crippen molar-refractivity contribution in [2.45, 2.75) is 90.0 Å². The van der Waals surface area contributed by atoms with E-state index in [0.717, 1.165) is 19.3 Å². The Kier molecular flexibility index (Phi) is 20.5. The first-order valence-electron chi connectivity index (χ1n) is 9.84. The number of carbonyl (C=O) groups excluding carboxylic acids is 4. The molecule has 0 saturated carbocycles. The molecule has 0 aromatic heterocycles. The number of esters is 4. The fraction of sp³-hybridized carbons (Fsp3) is 0.789. The van der Waals surface area contributed by atoms with Crippen LogP contribution in [0.1, 0.15) is 84.0 Å². The fourth-order valence-electron chi connectivity index (χ4n) is 2.43. The van der Waals surface area contributed by atoms with Gasteiger partial charge in [-0.3, -0.25) is 14.4 Å². The van der Waals surface area contributed by atoms with Crippen LogP contribution in [0.5, 0.6) is 0 Å². The van der Waals surface area contributed by atoms with E-state index in [1.165, 1.54) is 32.1 Å². The van der Waals surface area contributed by atoms with Crippen molar-refractivity contribution in [2.75, 3.05) is 6.54 Å². The van der Waals surface area contributed by atoms with Gasteiger partial charge in [0.25, 0.3) is 0 Å². The Balaban J connectivity index is 0. The SMILES string of the molecule is CCCCCCCCCCCC(=O)OC(=O)[C@@H](N)CCC(=O)OC(=O)CN.[NaH]. The van der Waals surface area contributed by atoms with Crippen LogP contribution in [0.4, 0.5) is 0 Å². The molecule has 28 heavy (non-hydrogen) atoms. The molecule has 1 atom stereocenters. The molecule has 0 aromatic carbocycles. The Bertz CT molecular complexity index is 473. The van der Waals surface area contributed by atoms with E-state index in [4.69, 9.17) is 11.5 Å². The first kappa shape index (κ1) is 29.4. The summed E-state index contributed by atoms with van der Waals surface area (Å²) in [5.41, 5.74) is 10.6. The molecule has 0 radical (unpaired) electrons. The van der Waals surface area contributed by atoms with Gasteiger partial charge in [0.05, 0.1) is 6.54 Å². The summed E-state index contributed by atoms with van der Waals surface area (Å²) in [6, 6.07) is -1.13. The standard InChI is InChI=1S/C19H34N2O6.Na.H/c1-2-3-4-5-6-7-8-9-10-11-16(22)27-19(25)15(21)12-13-17(23)26-18(24)14-20;;/h15H,2-14,20-21H2,1H3;;/t15-;;/m0../s1. The number of rotatable bonds is 15. The zero-order chi connectivity index (χ0) is 20.5. The maximum absolute atomic E-state index is 11.7. The third-order valence-corrected chi connectivity index (χ3v) is 4.06. The number of ether oxygens (including phenoxy) is 2. The molecule has 0 aliphatic carbocycles. The van der Waals surface area contributed by atoms with Gasteiger partial charge in [-0.2, -0.15) is 0 Å². The van der Waals surface area contributed by atoms with Crippen molar-refractivity contribution >= 4 is 53.4 Å². The first-order valence-corrected chi connectivity index (χ1v) is 9.84. The molecule has 0 amide bonds. The summed E-state index contributed by atoms with van der Waals surface area (Å²) in [6.45, 7) is 1.78. The molecule has 4 N–H and O–H groups in total. The van der Waals surface area contributed by atoms with Crippen LogP contribution in [0.3, 0.4) is 0 Å². The molecule has 0 aliphatic heterocycles. The third-order valence-electron chi connectivity index (χ3n) is 4.06. The van der Waals surface area contributed by atoms with E-state index in [0.29, 0.717) is 6.42 Å². The van der Waals surface area contributed by atoms with E-state index in [1.54, 1.807) is 0 Å². The van der Waals surface area contributed by atoms with E-state index in [1.807, 2.05) is 0 Å². The number of nitrogens with two attached hydrogens (primary N) is 2. The van der Waals surface area contributed by atoms with Crippen LogP contribution in [0.15, 0.2) is 0 Å². The molecule has 0 spiro atoms. The molecule has 158 valence electrons. The zero-order valence-electron chi connectivity index (χ0n) is 16.4. The summed E-state index contributed by atoms with van der Waals surface area (Å²) in [7, 11) is 0. The van der Waals surface area contributed by atoms with Crippen LogP contribution < -0.4 is 11.5 Å². The van der Waals surface area contributed by atoms with E-state index >= 15 is 0 Å².